The summed E-state index contributed by atoms with van der Waals surface area (Å²) >= 11 is 3.67. The first-order valence-electron chi connectivity index (χ1n) is 10.1. The average molecular weight is 429 g/mol. The molecule has 0 radical (unpaired) electrons. The molecular weight excluding hydrogens is 400 g/mol. The number of thioether (sulfide) groups is 2. The number of hydrogen-bond donors (Lipinski definition) is 0. The Morgan fingerprint density at radius 3 is 2.86 bits per heavy atom. The van der Waals surface area contributed by atoms with Crippen LogP contribution in [0.4, 0.5) is 0 Å². The molecule has 1 aromatic rings. The minimum Gasteiger partial charge on any atom is -0.405 e. The lowest BCUT2D eigenvalue weighted by atomic mass is 10.1. The molecule has 154 valence electrons. The Hall–Kier alpha value is -1.97. The van der Waals surface area contributed by atoms with Gasteiger partial charge in [0.2, 0.25) is 5.55 Å². The molecule has 0 atom stereocenters. The number of hydrogen-bond acceptors (Lipinski definition) is 5. The second kappa shape index (κ2) is 10.7. The molecule has 0 amide bonds. The van der Waals surface area contributed by atoms with E-state index in [0.717, 1.165) is 36.0 Å². The second-order valence-electron chi connectivity index (χ2n) is 7.02. The summed E-state index contributed by atoms with van der Waals surface area (Å²) in [6.45, 7) is 4.06. The van der Waals surface area contributed by atoms with Crippen molar-refractivity contribution < 1.29 is 4.42 Å². The molecule has 3 heterocycles. The number of rotatable bonds is 8. The number of oxazole rings is 1. The molecule has 1 saturated heterocycles. The maximum atomic E-state index is 12.3. The quantitative estimate of drug-likeness (QED) is 0.595. The maximum absolute atomic E-state index is 12.3. The van der Waals surface area contributed by atoms with Crippen LogP contribution < -0.4 is 16.5 Å². The van der Waals surface area contributed by atoms with Crippen molar-refractivity contribution in [2.75, 3.05) is 24.6 Å². The van der Waals surface area contributed by atoms with Crippen LogP contribution in [0.3, 0.4) is 0 Å². The summed E-state index contributed by atoms with van der Waals surface area (Å²) in [5.41, 5.74) is 1.78. The highest BCUT2D eigenvalue weighted by Gasteiger charge is 2.16. The first kappa shape index (κ1) is 21.7. The zero-order chi connectivity index (χ0) is 20.6. The molecule has 0 unspecified atom stereocenters. The third kappa shape index (κ3) is 5.55. The van der Waals surface area contributed by atoms with Gasteiger partial charge in [0.1, 0.15) is 5.35 Å². The van der Waals surface area contributed by atoms with E-state index in [0.29, 0.717) is 10.9 Å². The summed E-state index contributed by atoms with van der Waals surface area (Å²) in [5, 5.41) is 1.70. The highest BCUT2D eigenvalue weighted by Crippen LogP contribution is 2.37. The topological polar surface area (TPSA) is 38.4 Å². The lowest BCUT2D eigenvalue weighted by molar-refractivity contribution is 0.413. The Bertz CT molecular complexity index is 1030. The predicted octanol–water partition coefficient (Wildman–Crippen LogP) is 3.20. The van der Waals surface area contributed by atoms with E-state index >= 15 is 0 Å². The first-order valence-corrected chi connectivity index (χ1v) is 12.0. The smallest absolute Gasteiger partial charge is 0.361 e. The van der Waals surface area contributed by atoms with Gasteiger partial charge < -0.3 is 13.9 Å². The fourth-order valence-corrected chi connectivity index (χ4v) is 5.20. The zero-order valence-electron chi connectivity index (χ0n) is 17.1. The normalized spacial score (nSPS) is 19.6. The van der Waals surface area contributed by atoms with Gasteiger partial charge in [0.05, 0.1) is 5.03 Å². The fraction of sp³-hybridized carbons (Fsp3) is 0.435. The number of terminal acetylenes is 1. The molecule has 1 fully saturated rings. The van der Waals surface area contributed by atoms with Crippen LogP contribution in [-0.2, 0) is 7.05 Å². The van der Waals surface area contributed by atoms with E-state index < -0.39 is 0 Å². The van der Waals surface area contributed by atoms with E-state index in [1.807, 2.05) is 43.1 Å². The van der Waals surface area contributed by atoms with E-state index in [1.54, 1.807) is 21.9 Å². The predicted molar refractivity (Wildman–Crippen MR) is 126 cm³/mol. The standard InChI is InChI=1S/C23H28N2O2S2/c1-4-6-9-18-17-29-20(18)10-8-11-21-24(3)19(23(26)27-21)12-13-22-25(14-7-5-2)15-16-28-22/h2,8,10-13H,4,6-7,9,14-17H2,1,3H3. The lowest BCUT2D eigenvalue weighted by Crippen LogP contribution is -2.29. The monoisotopic (exact) mass is 428 g/mol. The summed E-state index contributed by atoms with van der Waals surface area (Å²) < 4.78 is 7.25. The van der Waals surface area contributed by atoms with Gasteiger partial charge in [0, 0.05) is 43.0 Å². The van der Waals surface area contributed by atoms with Gasteiger partial charge in [0.15, 0.2) is 0 Å². The van der Waals surface area contributed by atoms with E-state index in [2.05, 4.69) is 23.8 Å². The number of allylic oxidation sites excluding steroid dienone is 3. The minimum atomic E-state index is -0.317. The third-order valence-corrected chi connectivity index (χ3v) is 7.31. The molecule has 6 heteroatoms. The first-order chi connectivity index (χ1) is 14.1. The molecule has 29 heavy (non-hydrogen) atoms. The number of unbranched alkanes of at least 4 members (excludes halogenated alkanes) is 1. The summed E-state index contributed by atoms with van der Waals surface area (Å²) in [6.07, 6.45) is 19.6. The molecule has 0 spiro atoms. The van der Waals surface area contributed by atoms with Crippen molar-refractivity contribution in [1.82, 2.24) is 9.47 Å². The summed E-state index contributed by atoms with van der Waals surface area (Å²) in [7, 11) is 1.86. The Balaban J connectivity index is 1.78. The maximum Gasteiger partial charge on any atom is 0.361 e. The summed E-state index contributed by atoms with van der Waals surface area (Å²) in [6, 6.07) is 0. The Kier molecular flexibility index (Phi) is 8.02. The van der Waals surface area contributed by atoms with Crippen LogP contribution >= 0.6 is 23.5 Å². The molecule has 2 aliphatic rings. The molecule has 2 aliphatic heterocycles. The average Bonchev–Trinajstić information content (AvgIpc) is 3.25. The molecule has 3 rings (SSSR count). The van der Waals surface area contributed by atoms with Gasteiger partial charge in [-0.25, -0.2) is 4.79 Å². The van der Waals surface area contributed by atoms with Crippen molar-refractivity contribution in [3.63, 3.8) is 0 Å². The fourth-order valence-electron chi connectivity index (χ4n) is 3.21. The summed E-state index contributed by atoms with van der Waals surface area (Å²) in [4.78, 5) is 15.9. The van der Waals surface area contributed by atoms with Crippen LogP contribution in [0.1, 0.15) is 32.6 Å². The molecule has 0 bridgehead atoms. The number of nitrogens with zero attached hydrogens (tertiary/aromatic N) is 2. The van der Waals surface area contributed by atoms with Crippen molar-refractivity contribution in [2.45, 2.75) is 32.6 Å². The summed E-state index contributed by atoms with van der Waals surface area (Å²) in [5.74, 6) is 4.87. The third-order valence-electron chi connectivity index (χ3n) is 5.00. The Labute approximate surface area is 181 Å². The lowest BCUT2D eigenvalue weighted by Gasteiger charge is -2.20. The van der Waals surface area contributed by atoms with E-state index in [-0.39, 0.29) is 5.63 Å². The van der Waals surface area contributed by atoms with Gasteiger partial charge in [0.25, 0.3) is 0 Å². The van der Waals surface area contributed by atoms with E-state index in [9.17, 15) is 4.79 Å². The van der Waals surface area contributed by atoms with Crippen molar-refractivity contribution in [1.29, 1.82) is 0 Å². The van der Waals surface area contributed by atoms with Gasteiger partial charge in [-0.2, -0.15) is 0 Å². The van der Waals surface area contributed by atoms with Crippen LogP contribution in [0.2, 0.25) is 0 Å². The van der Waals surface area contributed by atoms with Crippen LogP contribution in [0, 0.1) is 12.3 Å². The van der Waals surface area contributed by atoms with Gasteiger partial charge in [-0.05, 0) is 42.7 Å². The molecule has 1 aromatic heterocycles. The van der Waals surface area contributed by atoms with Gasteiger partial charge in [-0.15, -0.1) is 35.9 Å². The van der Waals surface area contributed by atoms with Crippen LogP contribution in [0.15, 0.2) is 42.9 Å². The van der Waals surface area contributed by atoms with E-state index in [4.69, 9.17) is 10.8 Å². The van der Waals surface area contributed by atoms with Crippen LogP contribution in [0.5, 0.6) is 0 Å². The molecular formula is C23H28N2O2S2. The second-order valence-corrected chi connectivity index (χ2v) is 9.15. The zero-order valence-corrected chi connectivity index (χ0v) is 18.8. The SMILES string of the molecule is C#CCCN1CCSC1=CC=c1c(=O)oc(=CC=CC2=C(CCCC)CS2)n1C. The molecule has 0 saturated carbocycles. The van der Waals surface area contributed by atoms with Crippen molar-refractivity contribution >= 4 is 35.7 Å². The molecule has 4 nitrogen and oxygen atoms in total. The number of aromatic nitrogens is 1. The Morgan fingerprint density at radius 2 is 2.14 bits per heavy atom. The van der Waals surface area contributed by atoms with Crippen LogP contribution in [-0.4, -0.2) is 34.1 Å². The minimum absolute atomic E-state index is 0.317. The Morgan fingerprint density at radius 1 is 1.28 bits per heavy atom. The highest BCUT2D eigenvalue weighted by atomic mass is 32.2. The molecule has 0 aliphatic carbocycles. The van der Waals surface area contributed by atoms with Crippen LogP contribution in [0.25, 0.3) is 12.2 Å². The van der Waals surface area contributed by atoms with Gasteiger partial charge >= 0.3 is 5.63 Å². The highest BCUT2D eigenvalue weighted by molar-refractivity contribution is 8.04. The molecule has 0 N–H and O–H groups in total. The molecule has 0 aromatic carbocycles. The van der Waals surface area contributed by atoms with Crippen molar-refractivity contribution in [2.24, 2.45) is 7.05 Å². The largest absolute Gasteiger partial charge is 0.405 e. The van der Waals surface area contributed by atoms with Gasteiger partial charge in [-0.3, -0.25) is 0 Å². The van der Waals surface area contributed by atoms with Crippen molar-refractivity contribution in [3.8, 4) is 12.3 Å². The van der Waals surface area contributed by atoms with E-state index in [1.165, 1.54) is 24.2 Å². The van der Waals surface area contributed by atoms with Crippen molar-refractivity contribution in [3.05, 3.63) is 55.1 Å². The van der Waals surface area contributed by atoms with Gasteiger partial charge in [-0.1, -0.05) is 19.4 Å².